The van der Waals surface area contributed by atoms with Gasteiger partial charge in [-0.15, -0.1) is 0 Å². The first-order valence-electron chi connectivity index (χ1n) is 8.50. The number of hydrogen-bond donors (Lipinski definition) is 2. The van der Waals surface area contributed by atoms with Crippen molar-refractivity contribution in [1.82, 2.24) is 10.6 Å². The summed E-state index contributed by atoms with van der Waals surface area (Å²) >= 11 is 0. The van der Waals surface area contributed by atoms with Crippen molar-refractivity contribution < 1.29 is 23.9 Å². The number of hydrogen-bond acceptors (Lipinski definition) is 5. The fourth-order valence-corrected chi connectivity index (χ4v) is 2.10. The molecular weight excluding hydrogens is 348 g/mol. The second-order valence-corrected chi connectivity index (χ2v) is 5.89. The lowest BCUT2D eigenvalue weighted by atomic mass is 10.2. The van der Waals surface area contributed by atoms with Crippen LogP contribution in [-0.2, 0) is 20.9 Å². The number of alkyl carbamates (subject to hydrolysis) is 1. The molecule has 2 rings (SSSR count). The van der Waals surface area contributed by atoms with Crippen LogP contribution in [0.2, 0.25) is 0 Å². The average molecular weight is 370 g/mol. The van der Waals surface area contributed by atoms with Gasteiger partial charge in [-0.05, 0) is 31.5 Å². The third kappa shape index (κ3) is 6.81. The summed E-state index contributed by atoms with van der Waals surface area (Å²) in [4.78, 5) is 35.9. The van der Waals surface area contributed by atoms with Crippen LogP contribution in [0.1, 0.15) is 19.4 Å². The van der Waals surface area contributed by atoms with Crippen molar-refractivity contribution in [2.45, 2.75) is 32.5 Å². The Bertz CT molecular complexity index is 764. The third-order valence-corrected chi connectivity index (χ3v) is 3.61. The molecule has 0 fully saturated rings. The minimum atomic E-state index is -0.875. The van der Waals surface area contributed by atoms with Crippen molar-refractivity contribution in [2.24, 2.45) is 0 Å². The summed E-state index contributed by atoms with van der Waals surface area (Å²) in [7, 11) is 0. The molecule has 2 atom stereocenters. The van der Waals surface area contributed by atoms with E-state index < -0.39 is 30.1 Å². The monoisotopic (exact) mass is 370 g/mol. The highest BCUT2D eigenvalue weighted by Gasteiger charge is 2.22. The molecule has 0 radical (unpaired) electrons. The van der Waals surface area contributed by atoms with E-state index in [1.165, 1.54) is 13.8 Å². The number of benzene rings is 2. The predicted octanol–water partition coefficient (Wildman–Crippen LogP) is 2.41. The number of amides is 2. The van der Waals surface area contributed by atoms with E-state index in [0.717, 1.165) is 5.56 Å². The minimum Gasteiger partial charge on any atom is -0.445 e. The van der Waals surface area contributed by atoms with E-state index in [-0.39, 0.29) is 6.61 Å². The molecule has 27 heavy (non-hydrogen) atoms. The Morgan fingerprint density at radius 3 is 2.07 bits per heavy atom. The first-order valence-corrected chi connectivity index (χ1v) is 8.50. The molecule has 2 aromatic carbocycles. The van der Waals surface area contributed by atoms with Gasteiger partial charge in [-0.25, -0.2) is 9.59 Å². The predicted molar refractivity (Wildman–Crippen MR) is 98.9 cm³/mol. The lowest BCUT2D eigenvalue weighted by molar-refractivity contribution is -0.139. The van der Waals surface area contributed by atoms with E-state index in [1.807, 2.05) is 30.3 Å². The highest BCUT2D eigenvalue weighted by atomic mass is 16.5. The first-order chi connectivity index (χ1) is 13.0. The van der Waals surface area contributed by atoms with Crippen LogP contribution in [0.4, 0.5) is 4.79 Å². The lowest BCUT2D eigenvalue weighted by Gasteiger charge is -2.17. The zero-order valence-electron chi connectivity index (χ0n) is 15.2. The van der Waals surface area contributed by atoms with Crippen LogP contribution in [0, 0.1) is 0 Å². The smallest absolute Gasteiger partial charge is 0.408 e. The van der Waals surface area contributed by atoms with Crippen LogP contribution in [-0.4, -0.2) is 30.1 Å². The first kappa shape index (κ1) is 20.0. The SMILES string of the molecule is C[C@H](NC(=O)OCc1ccccc1)C(=O)N[C@@H](C)C(=O)Oc1ccccc1. The maximum atomic E-state index is 12.1. The standard InChI is InChI=1S/C20H22N2O5/c1-14(22-20(25)26-13-16-9-5-3-6-10-16)18(23)21-15(2)19(24)27-17-11-7-4-8-12-17/h3-12,14-15H,13H2,1-2H3,(H,21,23)(H,22,25)/t14-,15-/m0/s1. The Labute approximate surface area is 157 Å². The van der Waals surface area contributed by atoms with E-state index in [1.54, 1.807) is 30.3 Å². The molecule has 0 saturated carbocycles. The molecule has 0 aliphatic carbocycles. The molecule has 0 spiro atoms. The number of carbonyl (C=O) groups excluding carboxylic acids is 3. The van der Waals surface area contributed by atoms with Crippen LogP contribution >= 0.6 is 0 Å². The molecule has 2 amide bonds. The van der Waals surface area contributed by atoms with Crippen molar-refractivity contribution in [3.63, 3.8) is 0 Å². The Balaban J connectivity index is 1.75. The summed E-state index contributed by atoms with van der Waals surface area (Å²) in [5.74, 6) is -0.739. The zero-order chi connectivity index (χ0) is 19.6. The zero-order valence-corrected chi connectivity index (χ0v) is 15.2. The Morgan fingerprint density at radius 1 is 0.852 bits per heavy atom. The molecular formula is C20H22N2O5. The number of carbonyl (C=O) groups is 3. The molecule has 7 heteroatoms. The number of nitrogens with one attached hydrogen (secondary N) is 2. The largest absolute Gasteiger partial charge is 0.445 e. The van der Waals surface area contributed by atoms with E-state index in [2.05, 4.69) is 10.6 Å². The second kappa shape index (κ2) is 9.96. The molecule has 0 bridgehead atoms. The van der Waals surface area contributed by atoms with Crippen LogP contribution in [0.5, 0.6) is 5.75 Å². The van der Waals surface area contributed by atoms with Gasteiger partial charge in [-0.2, -0.15) is 0 Å². The number of para-hydroxylation sites is 1. The van der Waals surface area contributed by atoms with E-state index in [4.69, 9.17) is 9.47 Å². The second-order valence-electron chi connectivity index (χ2n) is 5.89. The van der Waals surface area contributed by atoms with E-state index >= 15 is 0 Å². The van der Waals surface area contributed by atoms with Gasteiger partial charge in [0.15, 0.2) is 0 Å². The number of esters is 1. The lowest BCUT2D eigenvalue weighted by Crippen LogP contribution is -2.50. The molecule has 2 N–H and O–H groups in total. The normalized spacial score (nSPS) is 12.4. The number of ether oxygens (including phenoxy) is 2. The van der Waals surface area contributed by atoms with Gasteiger partial charge in [0.05, 0.1) is 0 Å². The van der Waals surface area contributed by atoms with Gasteiger partial charge >= 0.3 is 12.1 Å². The summed E-state index contributed by atoms with van der Waals surface area (Å²) in [6.45, 7) is 3.10. The van der Waals surface area contributed by atoms with Gasteiger partial charge in [0.25, 0.3) is 0 Å². The van der Waals surface area contributed by atoms with E-state index in [0.29, 0.717) is 5.75 Å². The third-order valence-electron chi connectivity index (χ3n) is 3.61. The average Bonchev–Trinajstić information content (AvgIpc) is 2.67. The van der Waals surface area contributed by atoms with Gasteiger partial charge in [-0.1, -0.05) is 48.5 Å². The minimum absolute atomic E-state index is 0.0980. The Kier molecular flexibility index (Phi) is 7.37. The summed E-state index contributed by atoms with van der Waals surface area (Å²) < 4.78 is 10.2. The van der Waals surface area contributed by atoms with Crippen molar-refractivity contribution >= 4 is 18.0 Å². The maximum Gasteiger partial charge on any atom is 0.408 e. The topological polar surface area (TPSA) is 93.7 Å². The molecule has 0 unspecified atom stereocenters. The van der Waals surface area contributed by atoms with Crippen LogP contribution in [0.3, 0.4) is 0 Å². The van der Waals surface area contributed by atoms with Crippen molar-refractivity contribution in [3.8, 4) is 5.75 Å². The number of rotatable bonds is 7. The van der Waals surface area contributed by atoms with Crippen LogP contribution in [0.15, 0.2) is 60.7 Å². The van der Waals surface area contributed by atoms with Gasteiger partial charge in [-0.3, -0.25) is 4.79 Å². The van der Waals surface area contributed by atoms with Crippen molar-refractivity contribution in [2.75, 3.05) is 0 Å². The molecule has 0 aromatic heterocycles. The van der Waals surface area contributed by atoms with Gasteiger partial charge in [0, 0.05) is 0 Å². The molecule has 142 valence electrons. The van der Waals surface area contributed by atoms with E-state index in [9.17, 15) is 14.4 Å². The molecule has 0 heterocycles. The quantitative estimate of drug-likeness (QED) is 0.577. The molecule has 0 saturated heterocycles. The Morgan fingerprint density at radius 2 is 1.44 bits per heavy atom. The summed E-state index contributed by atoms with van der Waals surface area (Å²) in [5, 5.41) is 4.91. The van der Waals surface area contributed by atoms with Gasteiger partial charge < -0.3 is 20.1 Å². The highest BCUT2D eigenvalue weighted by molar-refractivity contribution is 5.89. The fraction of sp³-hybridized carbons (Fsp3) is 0.250. The molecule has 7 nitrogen and oxygen atoms in total. The van der Waals surface area contributed by atoms with Gasteiger partial charge in [0.1, 0.15) is 24.4 Å². The van der Waals surface area contributed by atoms with Crippen molar-refractivity contribution in [1.29, 1.82) is 0 Å². The maximum absolute atomic E-state index is 12.1. The van der Waals surface area contributed by atoms with Crippen molar-refractivity contribution in [3.05, 3.63) is 66.2 Å². The highest BCUT2D eigenvalue weighted by Crippen LogP contribution is 2.09. The Hall–Kier alpha value is -3.35. The molecule has 0 aliphatic rings. The molecule has 0 aliphatic heterocycles. The summed E-state index contributed by atoms with van der Waals surface area (Å²) in [6.07, 6.45) is -0.721. The van der Waals surface area contributed by atoms with Crippen LogP contribution in [0.25, 0.3) is 0 Å². The van der Waals surface area contributed by atoms with Gasteiger partial charge in [0.2, 0.25) is 5.91 Å². The summed E-state index contributed by atoms with van der Waals surface area (Å²) in [5.41, 5.74) is 0.835. The summed E-state index contributed by atoms with van der Waals surface area (Å²) in [6, 6.07) is 16.0. The van der Waals surface area contributed by atoms with Crippen LogP contribution < -0.4 is 15.4 Å². The fourth-order valence-electron chi connectivity index (χ4n) is 2.10. The molecule has 2 aromatic rings.